The van der Waals surface area contributed by atoms with Crippen LogP contribution >= 0.6 is 11.3 Å². The molecule has 2 aromatic heterocycles. The molecule has 122 valence electrons. The zero-order valence-electron chi connectivity index (χ0n) is 13.2. The van der Waals surface area contributed by atoms with Crippen LogP contribution < -0.4 is 5.69 Å². The summed E-state index contributed by atoms with van der Waals surface area (Å²) in [6.07, 6.45) is 1.64. The number of rotatable bonds is 4. The second kappa shape index (κ2) is 6.37. The van der Waals surface area contributed by atoms with Gasteiger partial charge in [-0.3, -0.25) is 4.57 Å². The highest BCUT2D eigenvalue weighted by Crippen LogP contribution is 2.29. The number of aryl methyl sites for hydroxylation is 2. The van der Waals surface area contributed by atoms with Crippen molar-refractivity contribution in [1.29, 1.82) is 0 Å². The Morgan fingerprint density at radius 3 is 2.75 bits per heavy atom. The molecular weight excluding hydrogens is 326 g/mol. The fourth-order valence-electron chi connectivity index (χ4n) is 2.49. The zero-order valence-corrected chi connectivity index (χ0v) is 14.0. The second-order valence-electron chi connectivity index (χ2n) is 5.38. The van der Waals surface area contributed by atoms with E-state index in [-0.39, 0.29) is 11.3 Å². The first-order valence-electron chi connectivity index (χ1n) is 7.28. The summed E-state index contributed by atoms with van der Waals surface area (Å²) in [7, 11) is 0. The lowest BCUT2D eigenvalue weighted by Crippen LogP contribution is -2.26. The minimum Gasteiger partial charge on any atom is -0.478 e. The summed E-state index contributed by atoms with van der Waals surface area (Å²) < 4.78 is 1.55. The zero-order chi connectivity index (χ0) is 17.3. The average molecular weight is 341 g/mol. The van der Waals surface area contributed by atoms with Crippen LogP contribution in [0.3, 0.4) is 0 Å². The van der Waals surface area contributed by atoms with Crippen LogP contribution in [0.5, 0.6) is 0 Å². The molecule has 0 aliphatic heterocycles. The lowest BCUT2D eigenvalue weighted by Gasteiger charge is -2.07. The van der Waals surface area contributed by atoms with Crippen LogP contribution in [0.15, 0.2) is 41.3 Å². The van der Waals surface area contributed by atoms with Gasteiger partial charge in [-0.2, -0.15) is 4.98 Å². The molecule has 0 bridgehead atoms. The summed E-state index contributed by atoms with van der Waals surface area (Å²) in [6, 6.07) is 8.65. The smallest absolute Gasteiger partial charge is 0.348 e. The maximum Gasteiger partial charge on any atom is 0.348 e. The Morgan fingerprint density at radius 1 is 1.29 bits per heavy atom. The highest BCUT2D eigenvalue weighted by molar-refractivity contribution is 7.15. The minimum atomic E-state index is -0.977. The topological polar surface area (TPSA) is 85.1 Å². The van der Waals surface area contributed by atoms with E-state index in [0.29, 0.717) is 17.8 Å². The molecule has 3 rings (SSSR count). The monoisotopic (exact) mass is 341 g/mol. The molecule has 6 nitrogen and oxygen atoms in total. The van der Waals surface area contributed by atoms with Crippen molar-refractivity contribution in [2.24, 2.45) is 0 Å². The van der Waals surface area contributed by atoms with E-state index in [1.54, 1.807) is 42.0 Å². The lowest BCUT2D eigenvalue weighted by molar-refractivity contribution is 0.0698. The van der Waals surface area contributed by atoms with E-state index in [1.165, 1.54) is 11.3 Å². The van der Waals surface area contributed by atoms with Crippen LogP contribution in [0.1, 0.15) is 26.8 Å². The molecule has 1 N–H and O–H groups in total. The Bertz CT molecular complexity index is 975. The van der Waals surface area contributed by atoms with Gasteiger partial charge in [0.1, 0.15) is 5.01 Å². The first kappa shape index (κ1) is 16.1. The average Bonchev–Trinajstić information content (AvgIpc) is 2.99. The summed E-state index contributed by atoms with van der Waals surface area (Å²) >= 11 is 1.37. The van der Waals surface area contributed by atoms with Crippen molar-refractivity contribution in [3.8, 4) is 10.4 Å². The van der Waals surface area contributed by atoms with Crippen molar-refractivity contribution in [3.05, 3.63) is 69.0 Å². The molecule has 0 unspecified atom stereocenters. The Labute approximate surface area is 142 Å². The van der Waals surface area contributed by atoms with E-state index >= 15 is 0 Å². The summed E-state index contributed by atoms with van der Waals surface area (Å²) in [5, 5.41) is 10.0. The number of benzene rings is 1. The second-order valence-corrected chi connectivity index (χ2v) is 6.49. The number of carboxylic acids is 1. The van der Waals surface area contributed by atoms with Crippen LogP contribution in [0.25, 0.3) is 10.4 Å². The molecule has 0 amide bonds. The third-order valence-electron chi connectivity index (χ3n) is 3.62. The molecule has 7 heteroatoms. The van der Waals surface area contributed by atoms with E-state index in [9.17, 15) is 14.7 Å². The molecule has 0 fully saturated rings. The van der Waals surface area contributed by atoms with Gasteiger partial charge in [0.15, 0.2) is 0 Å². The third kappa shape index (κ3) is 3.11. The van der Waals surface area contributed by atoms with E-state index in [4.69, 9.17) is 0 Å². The molecule has 0 radical (unpaired) electrons. The van der Waals surface area contributed by atoms with Crippen molar-refractivity contribution in [2.45, 2.75) is 20.4 Å². The quantitative estimate of drug-likeness (QED) is 0.789. The minimum absolute atomic E-state index is 0.234. The summed E-state index contributed by atoms with van der Waals surface area (Å²) in [5.74, 6) is -0.977. The first-order chi connectivity index (χ1) is 11.5. The van der Waals surface area contributed by atoms with Gasteiger partial charge in [-0.05, 0) is 26.0 Å². The summed E-state index contributed by atoms with van der Waals surface area (Å²) in [6.45, 7) is 3.95. The third-order valence-corrected chi connectivity index (χ3v) is 4.63. The molecule has 24 heavy (non-hydrogen) atoms. The number of carbonyl (C=O) groups is 1. The molecule has 0 atom stereocenters. The van der Waals surface area contributed by atoms with Gasteiger partial charge < -0.3 is 5.11 Å². The molecule has 0 spiro atoms. The predicted octanol–water partition coefficient (Wildman–Crippen LogP) is 2.73. The van der Waals surface area contributed by atoms with Gasteiger partial charge in [0.25, 0.3) is 0 Å². The van der Waals surface area contributed by atoms with Gasteiger partial charge in [0.05, 0.1) is 17.0 Å². The highest BCUT2D eigenvalue weighted by Gasteiger charge is 2.14. The number of nitrogens with zero attached hydrogens (tertiary/aromatic N) is 3. The van der Waals surface area contributed by atoms with E-state index in [1.807, 2.05) is 13.0 Å². The molecule has 2 heterocycles. The van der Waals surface area contributed by atoms with E-state index < -0.39 is 5.97 Å². The van der Waals surface area contributed by atoms with Crippen molar-refractivity contribution < 1.29 is 9.90 Å². The summed E-state index contributed by atoms with van der Waals surface area (Å²) in [5.41, 5.74) is 2.05. The molecule has 0 aliphatic rings. The van der Waals surface area contributed by atoms with Crippen LogP contribution in [0.2, 0.25) is 0 Å². The number of hydrogen-bond donors (Lipinski definition) is 1. The normalized spacial score (nSPS) is 10.8. The van der Waals surface area contributed by atoms with Crippen molar-refractivity contribution in [1.82, 2.24) is 14.5 Å². The Hall–Kier alpha value is -2.80. The molecule has 0 saturated heterocycles. The van der Waals surface area contributed by atoms with Crippen molar-refractivity contribution >= 4 is 17.3 Å². The molecular formula is C17H15N3O3S. The number of aromatic carboxylic acids is 1. The van der Waals surface area contributed by atoms with E-state index in [0.717, 1.165) is 15.6 Å². The van der Waals surface area contributed by atoms with Crippen LogP contribution in [-0.2, 0) is 6.54 Å². The number of hydrogen-bond acceptors (Lipinski definition) is 5. The van der Waals surface area contributed by atoms with Gasteiger partial charge in [-0.15, -0.1) is 11.3 Å². The fourth-order valence-corrected chi connectivity index (χ4v) is 3.44. The molecule has 0 saturated carbocycles. The lowest BCUT2D eigenvalue weighted by atomic mass is 10.1. The van der Waals surface area contributed by atoms with Crippen LogP contribution in [0.4, 0.5) is 0 Å². The Balaban J connectivity index is 1.96. The molecule has 0 aliphatic carbocycles. The van der Waals surface area contributed by atoms with Gasteiger partial charge >= 0.3 is 11.7 Å². The van der Waals surface area contributed by atoms with Gasteiger partial charge in [0, 0.05) is 23.1 Å². The fraction of sp³-hybridized carbons (Fsp3) is 0.176. The van der Waals surface area contributed by atoms with Gasteiger partial charge in [-0.25, -0.2) is 14.6 Å². The Kier molecular flexibility index (Phi) is 4.26. The number of carboxylic acid groups (broad SMARTS) is 1. The maximum absolute atomic E-state index is 12.0. The maximum atomic E-state index is 12.0. The van der Waals surface area contributed by atoms with Gasteiger partial charge in [0.2, 0.25) is 0 Å². The van der Waals surface area contributed by atoms with Crippen molar-refractivity contribution in [2.75, 3.05) is 0 Å². The molecule has 1 aromatic carbocycles. The SMILES string of the molecule is Cc1cc(C)n(Cc2ncc(-c3ccccc3C(=O)O)s2)c(=O)n1. The van der Waals surface area contributed by atoms with Crippen molar-refractivity contribution in [3.63, 3.8) is 0 Å². The van der Waals surface area contributed by atoms with Crippen LogP contribution in [0, 0.1) is 13.8 Å². The highest BCUT2D eigenvalue weighted by atomic mass is 32.1. The number of aromatic nitrogens is 3. The summed E-state index contributed by atoms with van der Waals surface area (Å²) in [4.78, 5) is 32.4. The van der Waals surface area contributed by atoms with Gasteiger partial charge in [-0.1, -0.05) is 18.2 Å². The number of thiazole rings is 1. The van der Waals surface area contributed by atoms with Crippen LogP contribution in [-0.4, -0.2) is 25.6 Å². The van der Waals surface area contributed by atoms with E-state index in [2.05, 4.69) is 9.97 Å². The largest absolute Gasteiger partial charge is 0.478 e. The molecule has 3 aromatic rings. The standard InChI is InChI=1S/C17H15N3O3S/c1-10-7-11(2)20(17(23)19-10)9-15-18-8-14(24-15)12-5-3-4-6-13(12)16(21)22/h3-8H,9H2,1-2H3,(H,21,22). The predicted molar refractivity (Wildman–Crippen MR) is 91.6 cm³/mol. The first-order valence-corrected chi connectivity index (χ1v) is 8.10. The Morgan fingerprint density at radius 2 is 2.04 bits per heavy atom.